The number of aryl methyl sites for hydroxylation is 2. The maximum Gasteiger partial charge on any atom is 0.150 e. The molecule has 0 fully saturated rings. The van der Waals surface area contributed by atoms with Crippen molar-refractivity contribution in [3.8, 4) is 0 Å². The van der Waals surface area contributed by atoms with Crippen molar-refractivity contribution in [3.63, 3.8) is 0 Å². The summed E-state index contributed by atoms with van der Waals surface area (Å²) >= 11 is 0. The van der Waals surface area contributed by atoms with Crippen molar-refractivity contribution in [2.75, 3.05) is 37.4 Å². The van der Waals surface area contributed by atoms with Gasteiger partial charge in [0.1, 0.15) is 5.82 Å². The second-order valence-corrected chi connectivity index (χ2v) is 4.99. The van der Waals surface area contributed by atoms with Crippen molar-refractivity contribution < 1.29 is 4.74 Å². The zero-order valence-electron chi connectivity index (χ0n) is 12.2. The average Bonchev–Trinajstić information content (AvgIpc) is 2.59. The Bertz CT molecular complexity index is 373. The fourth-order valence-electron chi connectivity index (χ4n) is 2.15. The third-order valence-electron chi connectivity index (χ3n) is 2.91. The van der Waals surface area contributed by atoms with Crippen LogP contribution in [0.1, 0.15) is 26.5 Å². The zero-order valence-corrected chi connectivity index (χ0v) is 12.2. The SMILES string of the molecule is CCc1nn(C)c(N(CCOC)CC(C)C)c1N. The molecule has 104 valence electrons. The quantitative estimate of drug-likeness (QED) is 0.804. The molecule has 0 spiro atoms. The first kappa shape index (κ1) is 14.8. The Morgan fingerprint density at radius 2 is 2.11 bits per heavy atom. The molecule has 0 amide bonds. The van der Waals surface area contributed by atoms with E-state index < -0.39 is 0 Å². The first-order valence-electron chi connectivity index (χ1n) is 6.56. The summed E-state index contributed by atoms with van der Waals surface area (Å²) < 4.78 is 7.06. The summed E-state index contributed by atoms with van der Waals surface area (Å²) in [5, 5.41) is 4.47. The van der Waals surface area contributed by atoms with E-state index in [1.54, 1.807) is 7.11 Å². The highest BCUT2D eigenvalue weighted by atomic mass is 16.5. The molecule has 1 rings (SSSR count). The highest BCUT2D eigenvalue weighted by Gasteiger charge is 2.19. The fraction of sp³-hybridized carbons (Fsp3) is 0.769. The van der Waals surface area contributed by atoms with E-state index in [1.807, 2.05) is 11.7 Å². The minimum atomic E-state index is 0.571. The summed E-state index contributed by atoms with van der Waals surface area (Å²) in [5.41, 5.74) is 7.97. The minimum absolute atomic E-state index is 0.571. The van der Waals surface area contributed by atoms with E-state index in [0.29, 0.717) is 12.5 Å². The number of rotatable bonds is 7. The monoisotopic (exact) mass is 254 g/mol. The van der Waals surface area contributed by atoms with Crippen LogP contribution >= 0.6 is 0 Å². The molecule has 5 nitrogen and oxygen atoms in total. The lowest BCUT2D eigenvalue weighted by molar-refractivity contribution is 0.204. The van der Waals surface area contributed by atoms with Gasteiger partial charge in [0.15, 0.2) is 0 Å². The van der Waals surface area contributed by atoms with Crippen molar-refractivity contribution in [2.45, 2.75) is 27.2 Å². The molecule has 0 aliphatic carbocycles. The lowest BCUT2D eigenvalue weighted by atomic mass is 10.2. The highest BCUT2D eigenvalue weighted by Crippen LogP contribution is 2.27. The van der Waals surface area contributed by atoms with E-state index in [0.717, 1.165) is 36.7 Å². The Morgan fingerprint density at radius 3 is 2.56 bits per heavy atom. The number of nitrogens with two attached hydrogens (primary N) is 1. The van der Waals surface area contributed by atoms with Crippen LogP contribution in [0.3, 0.4) is 0 Å². The van der Waals surface area contributed by atoms with E-state index >= 15 is 0 Å². The van der Waals surface area contributed by atoms with Gasteiger partial charge in [0.2, 0.25) is 0 Å². The number of aromatic nitrogens is 2. The van der Waals surface area contributed by atoms with Gasteiger partial charge in [0.05, 0.1) is 18.0 Å². The summed E-state index contributed by atoms with van der Waals surface area (Å²) in [4.78, 5) is 2.26. The van der Waals surface area contributed by atoms with E-state index in [4.69, 9.17) is 10.5 Å². The number of ether oxygens (including phenoxy) is 1. The number of hydrogen-bond acceptors (Lipinski definition) is 4. The molecule has 1 aromatic heterocycles. The molecule has 0 aliphatic rings. The van der Waals surface area contributed by atoms with Gasteiger partial charge in [0.25, 0.3) is 0 Å². The second kappa shape index (κ2) is 6.64. The fourth-order valence-corrected chi connectivity index (χ4v) is 2.15. The Balaban J connectivity index is 2.99. The average molecular weight is 254 g/mol. The first-order chi connectivity index (χ1) is 8.51. The molecular weight excluding hydrogens is 228 g/mol. The third kappa shape index (κ3) is 3.38. The van der Waals surface area contributed by atoms with Gasteiger partial charge in [-0.1, -0.05) is 20.8 Å². The Kier molecular flexibility index (Phi) is 5.47. The summed E-state index contributed by atoms with van der Waals surface area (Å²) in [6, 6.07) is 0. The normalized spacial score (nSPS) is 11.2. The van der Waals surface area contributed by atoms with E-state index in [2.05, 4.69) is 30.8 Å². The topological polar surface area (TPSA) is 56.3 Å². The molecule has 1 aromatic rings. The van der Waals surface area contributed by atoms with Gasteiger partial charge in [-0.15, -0.1) is 0 Å². The Labute approximate surface area is 110 Å². The first-order valence-corrected chi connectivity index (χ1v) is 6.56. The lowest BCUT2D eigenvalue weighted by Gasteiger charge is -2.26. The van der Waals surface area contributed by atoms with Crippen LogP contribution in [-0.4, -0.2) is 36.6 Å². The van der Waals surface area contributed by atoms with E-state index in [9.17, 15) is 0 Å². The zero-order chi connectivity index (χ0) is 13.7. The molecular formula is C13H26N4O. The van der Waals surface area contributed by atoms with Crippen LogP contribution in [0.4, 0.5) is 11.5 Å². The molecule has 0 radical (unpaired) electrons. The summed E-state index contributed by atoms with van der Waals surface area (Å²) in [7, 11) is 3.67. The van der Waals surface area contributed by atoms with Gasteiger partial charge in [0, 0.05) is 27.2 Å². The smallest absolute Gasteiger partial charge is 0.150 e. The van der Waals surface area contributed by atoms with Crippen LogP contribution in [0.5, 0.6) is 0 Å². The van der Waals surface area contributed by atoms with Gasteiger partial charge in [-0.05, 0) is 12.3 Å². The highest BCUT2D eigenvalue weighted by molar-refractivity contribution is 5.66. The van der Waals surface area contributed by atoms with Crippen molar-refractivity contribution in [1.82, 2.24) is 9.78 Å². The number of nitrogens with zero attached hydrogens (tertiary/aromatic N) is 3. The maximum atomic E-state index is 6.20. The molecule has 0 aliphatic heterocycles. The van der Waals surface area contributed by atoms with Crippen LogP contribution in [0.2, 0.25) is 0 Å². The second-order valence-electron chi connectivity index (χ2n) is 4.99. The number of anilines is 2. The van der Waals surface area contributed by atoms with Gasteiger partial charge >= 0.3 is 0 Å². The van der Waals surface area contributed by atoms with Crippen molar-refractivity contribution in [1.29, 1.82) is 0 Å². The Hall–Kier alpha value is -1.23. The summed E-state index contributed by atoms with van der Waals surface area (Å²) in [6.07, 6.45) is 0.861. The van der Waals surface area contributed by atoms with E-state index in [1.165, 1.54) is 0 Å². The maximum absolute atomic E-state index is 6.20. The molecule has 18 heavy (non-hydrogen) atoms. The van der Waals surface area contributed by atoms with Gasteiger partial charge in [-0.3, -0.25) is 4.68 Å². The third-order valence-corrected chi connectivity index (χ3v) is 2.91. The molecule has 0 saturated carbocycles. The molecule has 0 aromatic carbocycles. The predicted octanol–water partition coefficient (Wildman–Crippen LogP) is 1.67. The molecule has 0 bridgehead atoms. The summed E-state index contributed by atoms with van der Waals surface area (Å²) in [6.45, 7) is 8.96. The van der Waals surface area contributed by atoms with Crippen LogP contribution in [0.15, 0.2) is 0 Å². The summed E-state index contributed by atoms with van der Waals surface area (Å²) in [5.74, 6) is 1.58. The number of nitrogen functional groups attached to an aromatic ring is 1. The largest absolute Gasteiger partial charge is 0.394 e. The standard InChI is InChI=1S/C13H26N4O/c1-6-11-12(14)13(16(4)15-11)17(7-8-18-5)9-10(2)3/h10H,6-9,14H2,1-5H3. The van der Waals surface area contributed by atoms with Crippen molar-refractivity contribution in [2.24, 2.45) is 13.0 Å². The van der Waals surface area contributed by atoms with Crippen LogP contribution in [0, 0.1) is 5.92 Å². The minimum Gasteiger partial charge on any atom is -0.394 e. The van der Waals surface area contributed by atoms with Gasteiger partial charge in [-0.2, -0.15) is 5.10 Å². The molecule has 2 N–H and O–H groups in total. The lowest BCUT2D eigenvalue weighted by Crippen LogP contribution is -2.33. The van der Waals surface area contributed by atoms with Crippen LogP contribution < -0.4 is 10.6 Å². The van der Waals surface area contributed by atoms with Crippen LogP contribution in [-0.2, 0) is 18.2 Å². The van der Waals surface area contributed by atoms with E-state index in [-0.39, 0.29) is 0 Å². The van der Waals surface area contributed by atoms with Crippen molar-refractivity contribution >= 4 is 11.5 Å². The van der Waals surface area contributed by atoms with Gasteiger partial charge in [-0.25, -0.2) is 0 Å². The number of methoxy groups -OCH3 is 1. The molecule has 0 unspecified atom stereocenters. The molecule has 5 heteroatoms. The van der Waals surface area contributed by atoms with Crippen molar-refractivity contribution in [3.05, 3.63) is 5.69 Å². The molecule has 0 saturated heterocycles. The van der Waals surface area contributed by atoms with Gasteiger partial charge < -0.3 is 15.4 Å². The predicted molar refractivity (Wildman–Crippen MR) is 75.9 cm³/mol. The van der Waals surface area contributed by atoms with Crippen LogP contribution in [0.25, 0.3) is 0 Å². The molecule has 0 atom stereocenters. The Morgan fingerprint density at radius 1 is 1.44 bits per heavy atom. The number of hydrogen-bond donors (Lipinski definition) is 1. The molecule has 1 heterocycles.